The fraction of sp³-hybridized carbons (Fsp3) is 0.286. The standard InChI is InChI=1S/C14H13N3O6/c15-17-16-4-3-9(18)13(20)7-1-2-11-8(5-7)10(19)6-12(23-11)14(21)22/h1-2,5-6,9,13,18,20H,3-4H2,(H,21,22). The Hall–Kier alpha value is -2.87. The van der Waals surface area contributed by atoms with E-state index in [-0.39, 0.29) is 29.5 Å². The molecule has 2 rings (SSSR count). The van der Waals surface area contributed by atoms with Crippen LogP contribution in [0.2, 0.25) is 0 Å². The Morgan fingerprint density at radius 2 is 2.09 bits per heavy atom. The zero-order chi connectivity index (χ0) is 17.0. The van der Waals surface area contributed by atoms with Gasteiger partial charge in [-0.05, 0) is 29.6 Å². The van der Waals surface area contributed by atoms with Gasteiger partial charge in [0.25, 0.3) is 0 Å². The molecule has 2 aromatic rings. The first-order chi connectivity index (χ1) is 10.9. The molecule has 0 radical (unpaired) electrons. The Morgan fingerprint density at radius 1 is 1.35 bits per heavy atom. The summed E-state index contributed by atoms with van der Waals surface area (Å²) in [4.78, 5) is 25.3. The minimum Gasteiger partial charge on any atom is -0.475 e. The van der Waals surface area contributed by atoms with Crippen molar-refractivity contribution in [1.82, 2.24) is 0 Å². The van der Waals surface area contributed by atoms with Crippen LogP contribution in [0.4, 0.5) is 0 Å². The number of aliphatic hydroxyl groups excluding tert-OH is 2. The molecule has 120 valence electrons. The molecule has 9 heteroatoms. The van der Waals surface area contributed by atoms with E-state index >= 15 is 0 Å². The van der Waals surface area contributed by atoms with Crippen LogP contribution in [0.25, 0.3) is 21.4 Å². The van der Waals surface area contributed by atoms with Crippen molar-refractivity contribution in [3.05, 3.63) is 56.3 Å². The zero-order valence-corrected chi connectivity index (χ0v) is 11.8. The number of azide groups is 1. The molecule has 0 aliphatic heterocycles. The first kappa shape index (κ1) is 16.5. The predicted octanol–water partition coefficient (Wildman–Crippen LogP) is 1.59. The predicted molar refractivity (Wildman–Crippen MR) is 79.0 cm³/mol. The van der Waals surface area contributed by atoms with E-state index in [9.17, 15) is 19.8 Å². The van der Waals surface area contributed by atoms with Gasteiger partial charge in [-0.1, -0.05) is 11.2 Å². The molecule has 0 saturated heterocycles. The highest BCUT2D eigenvalue weighted by atomic mass is 16.4. The van der Waals surface area contributed by atoms with E-state index in [1.54, 1.807) is 0 Å². The third kappa shape index (κ3) is 3.67. The van der Waals surface area contributed by atoms with Gasteiger partial charge in [0.15, 0.2) is 5.43 Å². The van der Waals surface area contributed by atoms with Crippen molar-refractivity contribution in [2.45, 2.75) is 18.6 Å². The highest BCUT2D eigenvalue weighted by Gasteiger charge is 2.19. The lowest BCUT2D eigenvalue weighted by Gasteiger charge is -2.17. The van der Waals surface area contributed by atoms with Crippen LogP contribution in [0.3, 0.4) is 0 Å². The molecule has 3 N–H and O–H groups in total. The lowest BCUT2D eigenvalue weighted by atomic mass is 10.0. The molecule has 0 bridgehead atoms. The number of benzene rings is 1. The van der Waals surface area contributed by atoms with Gasteiger partial charge in [0.1, 0.15) is 11.7 Å². The number of hydrogen-bond acceptors (Lipinski definition) is 6. The first-order valence-corrected chi connectivity index (χ1v) is 6.62. The molecule has 0 fully saturated rings. The summed E-state index contributed by atoms with van der Waals surface area (Å²) in [6, 6.07) is 4.94. The molecule has 0 amide bonds. The van der Waals surface area contributed by atoms with Crippen LogP contribution in [-0.4, -0.2) is 33.9 Å². The number of aliphatic hydroxyl groups is 2. The second-order valence-electron chi connectivity index (χ2n) is 4.79. The second kappa shape index (κ2) is 6.93. The Balaban J connectivity index is 2.34. The van der Waals surface area contributed by atoms with Gasteiger partial charge in [-0.3, -0.25) is 4.79 Å². The smallest absolute Gasteiger partial charge is 0.371 e. The number of carboxylic acid groups (broad SMARTS) is 1. The number of carbonyl (C=O) groups is 1. The summed E-state index contributed by atoms with van der Waals surface area (Å²) in [5.74, 6) is -1.84. The summed E-state index contributed by atoms with van der Waals surface area (Å²) < 4.78 is 5.08. The lowest BCUT2D eigenvalue weighted by molar-refractivity contribution is 0.0151. The van der Waals surface area contributed by atoms with E-state index in [1.165, 1.54) is 18.2 Å². The van der Waals surface area contributed by atoms with Gasteiger partial charge in [-0.2, -0.15) is 0 Å². The SMILES string of the molecule is [N-]=[N+]=NCCC(O)C(O)c1ccc2oc(C(=O)O)cc(=O)c2c1. The molecule has 1 aromatic carbocycles. The van der Waals surface area contributed by atoms with Crippen molar-refractivity contribution in [2.75, 3.05) is 6.54 Å². The highest BCUT2D eigenvalue weighted by molar-refractivity contribution is 5.87. The maximum atomic E-state index is 11.9. The normalized spacial score (nSPS) is 13.3. The zero-order valence-electron chi connectivity index (χ0n) is 11.8. The number of aromatic carboxylic acids is 1. The molecule has 2 unspecified atom stereocenters. The minimum absolute atomic E-state index is 0.0203. The van der Waals surface area contributed by atoms with E-state index in [0.29, 0.717) is 0 Å². The third-order valence-corrected chi connectivity index (χ3v) is 3.26. The van der Waals surface area contributed by atoms with Crippen LogP contribution in [-0.2, 0) is 0 Å². The molecule has 0 saturated carbocycles. The number of carboxylic acids is 1. The highest BCUT2D eigenvalue weighted by Crippen LogP contribution is 2.23. The van der Waals surface area contributed by atoms with E-state index in [0.717, 1.165) is 6.07 Å². The molecule has 0 spiro atoms. The van der Waals surface area contributed by atoms with Gasteiger partial charge in [0.2, 0.25) is 5.76 Å². The summed E-state index contributed by atoms with van der Waals surface area (Å²) >= 11 is 0. The maximum Gasteiger partial charge on any atom is 0.371 e. The fourth-order valence-corrected chi connectivity index (χ4v) is 2.08. The monoisotopic (exact) mass is 319 g/mol. The van der Waals surface area contributed by atoms with Crippen molar-refractivity contribution in [3.63, 3.8) is 0 Å². The molecular formula is C14H13N3O6. The van der Waals surface area contributed by atoms with Gasteiger partial charge in [-0.15, -0.1) is 0 Å². The Morgan fingerprint density at radius 3 is 2.74 bits per heavy atom. The van der Waals surface area contributed by atoms with Crippen LogP contribution in [0.5, 0.6) is 0 Å². The molecule has 0 aliphatic rings. The van der Waals surface area contributed by atoms with Crippen LogP contribution in [0.1, 0.15) is 28.6 Å². The van der Waals surface area contributed by atoms with Crippen molar-refractivity contribution in [1.29, 1.82) is 0 Å². The first-order valence-electron chi connectivity index (χ1n) is 6.62. The molecule has 23 heavy (non-hydrogen) atoms. The van der Waals surface area contributed by atoms with E-state index < -0.39 is 29.4 Å². The minimum atomic E-state index is -1.36. The van der Waals surface area contributed by atoms with Crippen molar-refractivity contribution >= 4 is 16.9 Å². The summed E-state index contributed by atoms with van der Waals surface area (Å²) in [7, 11) is 0. The van der Waals surface area contributed by atoms with Gasteiger partial charge >= 0.3 is 5.97 Å². The number of nitrogens with zero attached hydrogens (tertiary/aromatic N) is 3. The van der Waals surface area contributed by atoms with Crippen molar-refractivity contribution in [3.8, 4) is 0 Å². The summed E-state index contributed by atoms with van der Waals surface area (Å²) in [6.07, 6.45) is -2.41. The lowest BCUT2D eigenvalue weighted by Crippen LogP contribution is -2.19. The summed E-state index contributed by atoms with van der Waals surface area (Å²) in [5, 5.41) is 32.1. The fourth-order valence-electron chi connectivity index (χ4n) is 2.08. The number of hydrogen-bond donors (Lipinski definition) is 3. The van der Waals surface area contributed by atoms with Crippen LogP contribution >= 0.6 is 0 Å². The summed E-state index contributed by atoms with van der Waals surface area (Å²) in [5.41, 5.74) is 7.93. The maximum absolute atomic E-state index is 11.9. The van der Waals surface area contributed by atoms with E-state index in [4.69, 9.17) is 15.1 Å². The topological polar surface area (TPSA) is 157 Å². The van der Waals surface area contributed by atoms with Gasteiger partial charge < -0.3 is 19.7 Å². The second-order valence-corrected chi connectivity index (χ2v) is 4.79. The Bertz CT molecular complexity index is 840. The molecule has 9 nitrogen and oxygen atoms in total. The van der Waals surface area contributed by atoms with Crippen LogP contribution in [0.15, 0.2) is 38.6 Å². The van der Waals surface area contributed by atoms with Gasteiger partial charge in [0.05, 0.1) is 11.5 Å². The quantitative estimate of drug-likeness (QED) is 0.417. The number of fused-ring (bicyclic) bond motifs is 1. The Kier molecular flexibility index (Phi) is 4.97. The third-order valence-electron chi connectivity index (χ3n) is 3.26. The van der Waals surface area contributed by atoms with Crippen LogP contribution < -0.4 is 5.43 Å². The Labute approximate surface area is 129 Å². The molecule has 1 aromatic heterocycles. The number of rotatable bonds is 6. The molecule has 0 aliphatic carbocycles. The van der Waals surface area contributed by atoms with Gasteiger partial charge in [0, 0.05) is 17.5 Å². The average Bonchev–Trinajstić information content (AvgIpc) is 2.53. The van der Waals surface area contributed by atoms with Gasteiger partial charge in [-0.25, -0.2) is 4.79 Å². The molecule has 1 heterocycles. The van der Waals surface area contributed by atoms with Crippen molar-refractivity contribution in [2.24, 2.45) is 5.11 Å². The molecule has 2 atom stereocenters. The van der Waals surface area contributed by atoms with Crippen LogP contribution in [0, 0.1) is 0 Å². The largest absolute Gasteiger partial charge is 0.475 e. The molecular weight excluding hydrogens is 306 g/mol. The van der Waals surface area contributed by atoms with E-state index in [2.05, 4.69) is 10.0 Å². The van der Waals surface area contributed by atoms with E-state index in [1.807, 2.05) is 0 Å². The average molecular weight is 319 g/mol. The summed E-state index contributed by atoms with van der Waals surface area (Å²) in [6.45, 7) is 0.0203. The van der Waals surface area contributed by atoms with Crippen molar-refractivity contribution < 1.29 is 24.5 Å².